The van der Waals surface area contributed by atoms with Crippen molar-refractivity contribution >= 4 is 29.2 Å². The molecule has 82 valence electrons. The maximum atomic E-state index is 11.0. The maximum Gasteiger partial charge on any atom is 0.335 e. The Hall–Kier alpha value is -0.770. The smallest absolute Gasteiger partial charge is 0.335 e. The monoisotopic (exact) mass is 248 g/mol. The SMILES string of the molecule is COC(=O)C(O)Cc1cccc(Cl)c1Cl. The first-order chi connectivity index (χ1) is 7.06. The van der Waals surface area contributed by atoms with Crippen LogP contribution in [0, 0.1) is 0 Å². The summed E-state index contributed by atoms with van der Waals surface area (Å²) in [6.45, 7) is 0. The summed E-state index contributed by atoms with van der Waals surface area (Å²) >= 11 is 11.7. The lowest BCUT2D eigenvalue weighted by Crippen LogP contribution is -2.24. The molecule has 1 atom stereocenters. The first-order valence-electron chi connectivity index (χ1n) is 4.25. The van der Waals surface area contributed by atoms with E-state index in [-0.39, 0.29) is 6.42 Å². The number of aliphatic hydroxyl groups is 1. The van der Waals surface area contributed by atoms with Crippen LogP contribution in [0.1, 0.15) is 5.56 Å². The van der Waals surface area contributed by atoms with Crippen molar-refractivity contribution in [2.24, 2.45) is 0 Å². The fraction of sp³-hybridized carbons (Fsp3) is 0.300. The molecule has 1 aromatic rings. The van der Waals surface area contributed by atoms with Crippen molar-refractivity contribution in [3.8, 4) is 0 Å². The van der Waals surface area contributed by atoms with Gasteiger partial charge in [0.05, 0.1) is 17.2 Å². The van der Waals surface area contributed by atoms with Crippen molar-refractivity contribution in [2.45, 2.75) is 12.5 Å². The number of ether oxygens (including phenoxy) is 1. The lowest BCUT2D eigenvalue weighted by Gasteiger charge is -2.10. The van der Waals surface area contributed by atoms with Gasteiger partial charge < -0.3 is 9.84 Å². The fourth-order valence-corrected chi connectivity index (χ4v) is 1.53. The molecule has 1 unspecified atom stereocenters. The summed E-state index contributed by atoms with van der Waals surface area (Å²) in [6.07, 6.45) is -1.13. The molecule has 0 radical (unpaired) electrons. The molecule has 0 saturated carbocycles. The van der Waals surface area contributed by atoms with Gasteiger partial charge in [-0.05, 0) is 11.6 Å². The molecule has 1 rings (SSSR count). The second-order valence-electron chi connectivity index (χ2n) is 2.96. The number of aliphatic hydroxyl groups excluding tert-OH is 1. The first kappa shape index (κ1) is 12.3. The lowest BCUT2D eigenvalue weighted by atomic mass is 10.1. The van der Waals surface area contributed by atoms with Crippen molar-refractivity contribution in [1.82, 2.24) is 0 Å². The number of hydrogen-bond donors (Lipinski definition) is 1. The highest BCUT2D eigenvalue weighted by atomic mass is 35.5. The van der Waals surface area contributed by atoms with Crippen LogP contribution < -0.4 is 0 Å². The predicted molar refractivity (Wildman–Crippen MR) is 58.2 cm³/mol. The Kier molecular flexibility index (Phi) is 4.39. The van der Waals surface area contributed by atoms with Gasteiger partial charge in [-0.25, -0.2) is 4.79 Å². The molecule has 1 N–H and O–H groups in total. The van der Waals surface area contributed by atoms with Gasteiger partial charge in [0.25, 0.3) is 0 Å². The van der Waals surface area contributed by atoms with Gasteiger partial charge in [0, 0.05) is 6.42 Å². The van der Waals surface area contributed by atoms with E-state index in [1.807, 2.05) is 0 Å². The first-order valence-corrected chi connectivity index (χ1v) is 5.00. The third-order valence-corrected chi connectivity index (χ3v) is 2.78. The van der Waals surface area contributed by atoms with Crippen molar-refractivity contribution < 1.29 is 14.6 Å². The molecule has 0 bridgehead atoms. The highest BCUT2D eigenvalue weighted by Gasteiger charge is 2.17. The standard InChI is InChI=1S/C10H10Cl2O3/c1-15-10(14)8(13)5-6-3-2-4-7(11)9(6)12/h2-4,8,13H,5H2,1H3. The molecule has 0 amide bonds. The van der Waals surface area contributed by atoms with Crippen LogP contribution in [-0.4, -0.2) is 24.3 Å². The minimum absolute atomic E-state index is 0.0894. The summed E-state index contributed by atoms with van der Waals surface area (Å²) in [5.74, 6) is -0.689. The van der Waals surface area contributed by atoms with E-state index >= 15 is 0 Å². The van der Waals surface area contributed by atoms with E-state index in [4.69, 9.17) is 23.2 Å². The summed E-state index contributed by atoms with van der Waals surface area (Å²) < 4.78 is 4.39. The van der Waals surface area contributed by atoms with E-state index in [0.29, 0.717) is 15.6 Å². The molecule has 3 nitrogen and oxygen atoms in total. The van der Waals surface area contributed by atoms with Crippen LogP contribution in [0.15, 0.2) is 18.2 Å². The van der Waals surface area contributed by atoms with Gasteiger partial charge >= 0.3 is 5.97 Å². The summed E-state index contributed by atoms with van der Waals surface area (Å²) in [5, 5.41) is 10.2. The van der Waals surface area contributed by atoms with Gasteiger partial charge in [0.15, 0.2) is 6.10 Å². The van der Waals surface area contributed by atoms with Gasteiger partial charge in [-0.2, -0.15) is 0 Å². The highest BCUT2D eigenvalue weighted by Crippen LogP contribution is 2.26. The summed E-state index contributed by atoms with van der Waals surface area (Å²) in [7, 11) is 1.21. The maximum absolute atomic E-state index is 11.0. The van der Waals surface area contributed by atoms with Crippen molar-refractivity contribution in [1.29, 1.82) is 0 Å². The molecule has 0 fully saturated rings. The van der Waals surface area contributed by atoms with Crippen LogP contribution in [-0.2, 0) is 16.0 Å². The quantitative estimate of drug-likeness (QED) is 0.834. The number of benzene rings is 1. The summed E-state index contributed by atoms with van der Waals surface area (Å²) in [5.41, 5.74) is 0.613. The Morgan fingerprint density at radius 3 is 2.80 bits per heavy atom. The Labute approximate surface area is 97.6 Å². The van der Waals surface area contributed by atoms with E-state index in [1.54, 1.807) is 18.2 Å². The van der Waals surface area contributed by atoms with Crippen LogP contribution in [0.4, 0.5) is 0 Å². The zero-order chi connectivity index (χ0) is 11.4. The van der Waals surface area contributed by atoms with Crippen LogP contribution in [0.5, 0.6) is 0 Å². The molecule has 0 spiro atoms. The molecule has 0 aliphatic rings. The Balaban J connectivity index is 2.81. The fourth-order valence-electron chi connectivity index (χ4n) is 1.13. The van der Waals surface area contributed by atoms with Crippen LogP contribution in [0.25, 0.3) is 0 Å². The molecule has 0 aliphatic heterocycles. The number of halogens is 2. The van der Waals surface area contributed by atoms with Gasteiger partial charge in [0.1, 0.15) is 0 Å². The predicted octanol–water partition coefficient (Wildman–Crippen LogP) is 2.07. The molecule has 5 heteroatoms. The second kappa shape index (κ2) is 5.35. The molecule has 0 aliphatic carbocycles. The topological polar surface area (TPSA) is 46.5 Å². The molecule has 0 aromatic heterocycles. The number of methoxy groups -OCH3 is 1. The molecule has 0 heterocycles. The average Bonchev–Trinajstić information content (AvgIpc) is 2.23. The number of hydrogen-bond acceptors (Lipinski definition) is 3. The lowest BCUT2D eigenvalue weighted by molar-refractivity contribution is -0.150. The number of rotatable bonds is 3. The van der Waals surface area contributed by atoms with E-state index in [2.05, 4.69) is 4.74 Å². The summed E-state index contributed by atoms with van der Waals surface area (Å²) in [4.78, 5) is 11.0. The number of esters is 1. The highest BCUT2D eigenvalue weighted by molar-refractivity contribution is 6.42. The largest absolute Gasteiger partial charge is 0.467 e. The number of carbonyl (C=O) groups excluding carboxylic acids is 1. The van der Waals surface area contributed by atoms with Crippen LogP contribution in [0.3, 0.4) is 0 Å². The minimum atomic E-state index is -1.22. The molecular weight excluding hydrogens is 239 g/mol. The van der Waals surface area contributed by atoms with Crippen molar-refractivity contribution in [3.63, 3.8) is 0 Å². The van der Waals surface area contributed by atoms with E-state index < -0.39 is 12.1 Å². The zero-order valence-corrected chi connectivity index (χ0v) is 9.55. The molecular formula is C10H10Cl2O3. The zero-order valence-electron chi connectivity index (χ0n) is 8.04. The van der Waals surface area contributed by atoms with E-state index in [1.165, 1.54) is 7.11 Å². The Morgan fingerprint density at radius 1 is 1.53 bits per heavy atom. The Morgan fingerprint density at radius 2 is 2.20 bits per heavy atom. The van der Waals surface area contributed by atoms with Crippen molar-refractivity contribution in [2.75, 3.05) is 7.11 Å². The molecule has 1 aromatic carbocycles. The van der Waals surface area contributed by atoms with Gasteiger partial charge in [0.2, 0.25) is 0 Å². The average molecular weight is 249 g/mol. The second-order valence-corrected chi connectivity index (χ2v) is 3.74. The molecule has 0 saturated heterocycles. The third kappa shape index (κ3) is 3.09. The Bertz CT molecular complexity index is 366. The van der Waals surface area contributed by atoms with Crippen molar-refractivity contribution in [3.05, 3.63) is 33.8 Å². The van der Waals surface area contributed by atoms with Crippen LogP contribution in [0.2, 0.25) is 10.0 Å². The number of carbonyl (C=O) groups is 1. The van der Waals surface area contributed by atoms with Gasteiger partial charge in [-0.15, -0.1) is 0 Å². The minimum Gasteiger partial charge on any atom is -0.467 e. The van der Waals surface area contributed by atoms with E-state index in [9.17, 15) is 9.90 Å². The molecule has 15 heavy (non-hydrogen) atoms. The van der Waals surface area contributed by atoms with E-state index in [0.717, 1.165) is 0 Å². The normalized spacial score (nSPS) is 12.3. The van der Waals surface area contributed by atoms with Gasteiger partial charge in [-0.1, -0.05) is 35.3 Å². The third-order valence-electron chi connectivity index (χ3n) is 1.92. The van der Waals surface area contributed by atoms with Gasteiger partial charge in [-0.3, -0.25) is 0 Å². The summed E-state index contributed by atoms with van der Waals surface area (Å²) in [6, 6.07) is 5.03. The van der Waals surface area contributed by atoms with Crippen LogP contribution >= 0.6 is 23.2 Å².